The van der Waals surface area contributed by atoms with E-state index in [1.54, 1.807) is 0 Å². The van der Waals surface area contributed by atoms with E-state index in [1.165, 1.54) is 14.2 Å². The number of hydrogen-bond donors (Lipinski definition) is 4. The SMILES string of the molecule is COC(=O)CCC1=C(C)c2cc3[nH]c(cc4[nH]c(cc5nc(cc1n2)C(CCC(=O)OC)=C5C)c(C(C)OCCO)c4C)c(C(C)OCCO)c3C. The highest BCUT2D eigenvalue weighted by molar-refractivity contribution is 5.96. The van der Waals surface area contributed by atoms with Gasteiger partial charge in [-0.25, -0.2) is 9.97 Å². The molecule has 3 aromatic rings. The van der Waals surface area contributed by atoms with E-state index in [-0.39, 0.29) is 63.4 Å². The van der Waals surface area contributed by atoms with E-state index < -0.39 is 0 Å². The van der Waals surface area contributed by atoms with Gasteiger partial charge in [-0.15, -0.1) is 0 Å². The minimum atomic E-state index is -0.355. The molecule has 5 heterocycles. The summed E-state index contributed by atoms with van der Waals surface area (Å²) < 4.78 is 22.0. The minimum absolute atomic E-state index is 0.0960. The molecule has 2 atom stereocenters. The van der Waals surface area contributed by atoms with E-state index in [4.69, 9.17) is 28.9 Å². The molecule has 8 bridgehead atoms. The number of aryl methyl sites for hydroxylation is 2. The zero-order chi connectivity index (χ0) is 37.7. The fraction of sp³-hybridized carbons (Fsp3) is 0.450. The Morgan fingerprint density at radius 2 is 1.04 bits per heavy atom. The van der Waals surface area contributed by atoms with Gasteiger partial charge in [0, 0.05) is 46.0 Å². The molecule has 12 heteroatoms. The third-order valence-corrected chi connectivity index (χ3v) is 9.98. The van der Waals surface area contributed by atoms with Crippen molar-refractivity contribution in [1.82, 2.24) is 19.9 Å². The van der Waals surface area contributed by atoms with Crippen LogP contribution in [0.15, 0.2) is 24.3 Å². The zero-order valence-corrected chi connectivity index (χ0v) is 31.4. The van der Waals surface area contributed by atoms with Crippen molar-refractivity contribution >= 4 is 56.3 Å². The fourth-order valence-corrected chi connectivity index (χ4v) is 7.11. The number of nitrogens with zero attached hydrogens (tertiary/aromatic N) is 2. The molecule has 0 saturated heterocycles. The first kappa shape index (κ1) is 38.6. The van der Waals surface area contributed by atoms with Gasteiger partial charge in [-0.1, -0.05) is 0 Å². The van der Waals surface area contributed by atoms with Crippen LogP contribution in [0.25, 0.3) is 44.4 Å². The molecule has 2 aliphatic rings. The number of allylic oxidation sites excluding steroid dienone is 4. The molecule has 0 aliphatic carbocycles. The van der Waals surface area contributed by atoms with E-state index in [0.717, 1.165) is 78.0 Å². The molecule has 278 valence electrons. The average Bonchev–Trinajstić information content (AvgIpc) is 3.80. The quantitative estimate of drug-likeness (QED) is 0.130. The van der Waals surface area contributed by atoms with E-state index in [0.29, 0.717) is 24.2 Å². The maximum absolute atomic E-state index is 12.3. The molecule has 0 radical (unpaired) electrons. The number of esters is 2. The first-order valence-corrected chi connectivity index (χ1v) is 17.7. The monoisotopic (exact) mass is 714 g/mol. The van der Waals surface area contributed by atoms with Gasteiger partial charge in [0.05, 0.1) is 75.6 Å². The predicted octanol–water partition coefficient (Wildman–Crippen LogP) is 6.84. The number of aromatic nitrogens is 4. The van der Waals surface area contributed by atoms with Crippen molar-refractivity contribution in [3.8, 4) is 0 Å². The number of carbonyl (C=O) groups excluding carboxylic acids is 2. The average molecular weight is 715 g/mol. The Balaban J connectivity index is 1.91. The smallest absolute Gasteiger partial charge is 0.305 e. The number of aliphatic hydroxyl groups excluding tert-OH is 2. The molecule has 2 unspecified atom stereocenters. The van der Waals surface area contributed by atoms with Gasteiger partial charge < -0.3 is 39.1 Å². The number of H-pyrrole nitrogens is 2. The molecule has 2 aliphatic heterocycles. The van der Waals surface area contributed by atoms with Gasteiger partial charge in [0.15, 0.2) is 0 Å². The van der Waals surface area contributed by atoms with Crippen LogP contribution < -0.4 is 0 Å². The van der Waals surface area contributed by atoms with Gasteiger partial charge in [-0.2, -0.15) is 0 Å². The Bertz CT molecular complexity index is 2070. The van der Waals surface area contributed by atoms with E-state index in [2.05, 4.69) is 16.0 Å². The van der Waals surface area contributed by atoms with Gasteiger partial charge in [0.25, 0.3) is 0 Å². The number of carbonyl (C=O) groups is 2. The first-order chi connectivity index (χ1) is 24.9. The van der Waals surface area contributed by atoms with Crippen LogP contribution in [0, 0.1) is 13.8 Å². The lowest BCUT2D eigenvalue weighted by atomic mass is 9.98. The van der Waals surface area contributed by atoms with Crippen LogP contribution in [0.4, 0.5) is 0 Å². The fourth-order valence-electron chi connectivity index (χ4n) is 7.11. The van der Waals surface area contributed by atoms with Crippen LogP contribution in [0.3, 0.4) is 0 Å². The molecule has 4 N–H and O–H groups in total. The van der Waals surface area contributed by atoms with E-state index in [9.17, 15) is 19.8 Å². The summed E-state index contributed by atoms with van der Waals surface area (Å²) in [7, 11) is 2.76. The molecule has 0 amide bonds. The van der Waals surface area contributed by atoms with Crippen molar-refractivity contribution in [3.63, 3.8) is 0 Å². The van der Waals surface area contributed by atoms with Crippen molar-refractivity contribution < 1.29 is 38.7 Å². The van der Waals surface area contributed by atoms with Gasteiger partial charge in [-0.05, 0) is 112 Å². The Kier molecular flexibility index (Phi) is 12.5. The van der Waals surface area contributed by atoms with Gasteiger partial charge in [0.1, 0.15) is 0 Å². The highest BCUT2D eigenvalue weighted by atomic mass is 16.5. The molecule has 0 fully saturated rings. The van der Waals surface area contributed by atoms with Crippen molar-refractivity contribution in [2.45, 2.75) is 79.4 Å². The highest BCUT2D eigenvalue weighted by Crippen LogP contribution is 2.39. The third kappa shape index (κ3) is 8.05. The van der Waals surface area contributed by atoms with E-state index >= 15 is 0 Å². The summed E-state index contributed by atoms with van der Waals surface area (Å²) in [6.07, 6.45) is 0.504. The number of hydrogen-bond acceptors (Lipinski definition) is 10. The summed E-state index contributed by atoms with van der Waals surface area (Å²) in [4.78, 5) is 42.1. The number of fused-ring (bicyclic) bond motifs is 8. The summed E-state index contributed by atoms with van der Waals surface area (Å²) in [5, 5.41) is 19.1. The normalized spacial score (nSPS) is 14.2. The lowest BCUT2D eigenvalue weighted by Crippen LogP contribution is -2.05. The molecular weight excluding hydrogens is 664 g/mol. The standard InChI is InChI=1S/C40H50N4O8/c1-21-27(9-11-37(47)49-7)33-20-34-28(10-12-38(48)50-8)22(2)30(42-34)18-35-40(26(6)52-16-14-46)24(4)32(44-35)19-36-39(25(5)51-15-13-45)23(3)31(43-36)17-29(21)41-33/h17-20,25-26,43-46H,9-16H2,1-8H3. The predicted molar refractivity (Wildman–Crippen MR) is 201 cm³/mol. The first-order valence-electron chi connectivity index (χ1n) is 17.7. The van der Waals surface area contributed by atoms with Crippen LogP contribution in [0.5, 0.6) is 0 Å². The summed E-state index contributed by atoms with van der Waals surface area (Å²) in [6.45, 7) is 12.2. The molecule has 12 nitrogen and oxygen atoms in total. The summed E-state index contributed by atoms with van der Waals surface area (Å²) in [6, 6.07) is 8.01. The Morgan fingerprint density at radius 3 is 1.46 bits per heavy atom. The molecule has 5 rings (SSSR count). The number of methoxy groups -OCH3 is 2. The number of aromatic amines is 2. The third-order valence-electron chi connectivity index (χ3n) is 9.98. The lowest BCUT2D eigenvalue weighted by molar-refractivity contribution is -0.141. The highest BCUT2D eigenvalue weighted by Gasteiger charge is 2.24. The second-order valence-electron chi connectivity index (χ2n) is 13.2. The van der Waals surface area contributed by atoms with Crippen molar-refractivity contribution in [1.29, 1.82) is 0 Å². The van der Waals surface area contributed by atoms with Crippen molar-refractivity contribution in [2.24, 2.45) is 0 Å². The summed E-state index contributed by atoms with van der Waals surface area (Å²) in [5.41, 5.74) is 13.7. The summed E-state index contributed by atoms with van der Waals surface area (Å²) >= 11 is 0. The number of aliphatic hydroxyl groups is 2. The molecule has 3 aromatic heterocycles. The number of ether oxygens (including phenoxy) is 4. The number of rotatable bonds is 14. The number of nitrogens with one attached hydrogen (secondary N) is 2. The molecular formula is C40H50N4O8. The van der Waals surface area contributed by atoms with Crippen LogP contribution >= 0.6 is 0 Å². The Hall–Kier alpha value is -4.62. The molecule has 0 aromatic carbocycles. The second-order valence-corrected chi connectivity index (χ2v) is 13.2. The maximum Gasteiger partial charge on any atom is 0.305 e. The lowest BCUT2D eigenvalue weighted by Gasteiger charge is -2.13. The van der Waals surface area contributed by atoms with Crippen molar-refractivity contribution in [3.05, 3.63) is 69.3 Å². The van der Waals surface area contributed by atoms with Gasteiger partial charge in [-0.3, -0.25) is 9.59 Å². The van der Waals surface area contributed by atoms with Gasteiger partial charge >= 0.3 is 11.9 Å². The van der Waals surface area contributed by atoms with Crippen LogP contribution in [-0.4, -0.2) is 82.7 Å². The molecule has 0 spiro atoms. The van der Waals surface area contributed by atoms with Crippen LogP contribution in [0.1, 0.15) is 111 Å². The van der Waals surface area contributed by atoms with E-state index in [1.807, 2.05) is 59.7 Å². The Labute approximate surface area is 303 Å². The topological polar surface area (TPSA) is 169 Å². The molecule has 0 saturated carbocycles. The summed E-state index contributed by atoms with van der Waals surface area (Å²) in [5.74, 6) is -0.634. The minimum Gasteiger partial charge on any atom is -0.469 e. The molecule has 52 heavy (non-hydrogen) atoms. The van der Waals surface area contributed by atoms with Crippen LogP contribution in [0.2, 0.25) is 0 Å². The largest absolute Gasteiger partial charge is 0.469 e. The van der Waals surface area contributed by atoms with Crippen molar-refractivity contribution in [2.75, 3.05) is 40.6 Å². The second kappa shape index (κ2) is 16.8. The maximum atomic E-state index is 12.3. The van der Waals surface area contributed by atoms with Crippen LogP contribution in [-0.2, 0) is 28.5 Å². The Morgan fingerprint density at radius 1 is 0.635 bits per heavy atom. The van der Waals surface area contributed by atoms with Gasteiger partial charge in [0.2, 0.25) is 0 Å². The zero-order valence-electron chi connectivity index (χ0n) is 31.4.